The minimum Gasteiger partial charge on any atom is -0.347 e. The van der Waals surface area contributed by atoms with Gasteiger partial charge in [-0.3, -0.25) is 9.89 Å². The molecule has 1 amide bonds. The van der Waals surface area contributed by atoms with Crippen LogP contribution in [0.3, 0.4) is 0 Å². The first-order chi connectivity index (χ1) is 8.09. The van der Waals surface area contributed by atoms with Crippen molar-refractivity contribution in [2.24, 2.45) is 7.05 Å². The van der Waals surface area contributed by atoms with E-state index in [1.807, 2.05) is 36.9 Å². The highest BCUT2D eigenvalue weighted by atomic mass is 16.2. The van der Waals surface area contributed by atoms with E-state index in [0.717, 1.165) is 11.3 Å². The molecular weight excluding hydrogens is 216 g/mol. The standard InChI is InChI=1S/C12H16N4O/c1-9-10(7-13-14-9)8-16(3)12(17)11-5-4-6-15(11)2/h4-7H,8H2,1-3H3,(H,13,14). The fourth-order valence-electron chi connectivity index (χ4n) is 1.74. The van der Waals surface area contributed by atoms with Crippen LogP contribution in [0.4, 0.5) is 0 Å². The third kappa shape index (κ3) is 2.22. The number of nitrogens with zero attached hydrogens (tertiary/aromatic N) is 3. The Balaban J connectivity index is 2.11. The number of aryl methyl sites for hydroxylation is 2. The SMILES string of the molecule is Cc1[nH]ncc1CN(C)C(=O)c1cccn1C. The summed E-state index contributed by atoms with van der Waals surface area (Å²) in [6, 6.07) is 3.69. The first-order valence-electron chi connectivity index (χ1n) is 5.45. The van der Waals surface area contributed by atoms with Gasteiger partial charge in [0.1, 0.15) is 5.69 Å². The lowest BCUT2D eigenvalue weighted by atomic mass is 10.2. The van der Waals surface area contributed by atoms with Crippen molar-refractivity contribution in [2.75, 3.05) is 7.05 Å². The Hall–Kier alpha value is -2.04. The van der Waals surface area contributed by atoms with Crippen LogP contribution in [0.1, 0.15) is 21.7 Å². The maximum absolute atomic E-state index is 12.1. The molecule has 2 aromatic heterocycles. The predicted octanol–water partition coefficient (Wildman–Crippen LogP) is 1.33. The van der Waals surface area contributed by atoms with Gasteiger partial charge in [0.2, 0.25) is 0 Å². The molecule has 0 saturated carbocycles. The van der Waals surface area contributed by atoms with Crippen molar-refractivity contribution in [3.63, 3.8) is 0 Å². The average Bonchev–Trinajstić information content (AvgIpc) is 2.88. The van der Waals surface area contributed by atoms with E-state index in [0.29, 0.717) is 12.2 Å². The van der Waals surface area contributed by atoms with Crippen molar-refractivity contribution in [1.29, 1.82) is 0 Å². The number of amides is 1. The summed E-state index contributed by atoms with van der Waals surface area (Å²) in [5.41, 5.74) is 2.72. The number of aromatic nitrogens is 3. The lowest BCUT2D eigenvalue weighted by Gasteiger charge is -2.17. The minimum absolute atomic E-state index is 0.0121. The summed E-state index contributed by atoms with van der Waals surface area (Å²) in [7, 11) is 3.66. The van der Waals surface area contributed by atoms with E-state index in [9.17, 15) is 4.79 Å². The van der Waals surface area contributed by atoms with Crippen LogP contribution in [0.2, 0.25) is 0 Å². The van der Waals surface area contributed by atoms with Gasteiger partial charge in [-0.25, -0.2) is 0 Å². The van der Waals surface area contributed by atoms with Crippen LogP contribution in [0, 0.1) is 6.92 Å². The Morgan fingerprint density at radius 2 is 2.35 bits per heavy atom. The molecule has 90 valence electrons. The molecule has 0 bridgehead atoms. The molecule has 0 aromatic carbocycles. The number of carbonyl (C=O) groups excluding carboxylic acids is 1. The minimum atomic E-state index is 0.0121. The number of H-pyrrole nitrogens is 1. The average molecular weight is 232 g/mol. The molecule has 5 heteroatoms. The maximum Gasteiger partial charge on any atom is 0.270 e. The molecule has 0 spiro atoms. The zero-order valence-electron chi connectivity index (χ0n) is 10.3. The van der Waals surface area contributed by atoms with E-state index in [1.165, 1.54) is 0 Å². The summed E-state index contributed by atoms with van der Waals surface area (Å²) in [6.45, 7) is 2.51. The number of aromatic amines is 1. The summed E-state index contributed by atoms with van der Waals surface area (Å²) in [4.78, 5) is 13.8. The topological polar surface area (TPSA) is 53.9 Å². The normalized spacial score (nSPS) is 10.5. The zero-order valence-corrected chi connectivity index (χ0v) is 10.3. The van der Waals surface area contributed by atoms with Crippen LogP contribution in [0.15, 0.2) is 24.5 Å². The Morgan fingerprint density at radius 1 is 1.59 bits per heavy atom. The molecule has 0 fully saturated rings. The monoisotopic (exact) mass is 232 g/mol. The quantitative estimate of drug-likeness (QED) is 0.868. The highest BCUT2D eigenvalue weighted by Gasteiger charge is 2.15. The zero-order chi connectivity index (χ0) is 12.4. The molecule has 0 unspecified atom stereocenters. The summed E-state index contributed by atoms with van der Waals surface area (Å²) in [5.74, 6) is 0.0121. The Labute approximate surface area is 100 Å². The van der Waals surface area contributed by atoms with Gasteiger partial charge in [-0.1, -0.05) is 0 Å². The van der Waals surface area contributed by atoms with Gasteiger partial charge in [-0.2, -0.15) is 5.10 Å². The van der Waals surface area contributed by atoms with Crippen LogP contribution in [0.25, 0.3) is 0 Å². The molecule has 1 N–H and O–H groups in total. The summed E-state index contributed by atoms with van der Waals surface area (Å²) >= 11 is 0. The maximum atomic E-state index is 12.1. The molecule has 5 nitrogen and oxygen atoms in total. The van der Waals surface area contributed by atoms with Crippen LogP contribution >= 0.6 is 0 Å². The molecule has 0 aliphatic rings. The van der Waals surface area contributed by atoms with E-state index in [-0.39, 0.29) is 5.91 Å². The number of hydrogen-bond donors (Lipinski definition) is 1. The summed E-state index contributed by atoms with van der Waals surface area (Å²) in [6.07, 6.45) is 3.62. The number of hydrogen-bond acceptors (Lipinski definition) is 2. The highest BCUT2D eigenvalue weighted by Crippen LogP contribution is 2.10. The first-order valence-corrected chi connectivity index (χ1v) is 5.45. The molecule has 2 heterocycles. The molecule has 0 atom stereocenters. The van der Waals surface area contributed by atoms with Gasteiger partial charge in [0.15, 0.2) is 0 Å². The van der Waals surface area contributed by atoms with Crippen molar-refractivity contribution in [2.45, 2.75) is 13.5 Å². The van der Waals surface area contributed by atoms with E-state index < -0.39 is 0 Å². The van der Waals surface area contributed by atoms with Crippen LogP contribution in [0.5, 0.6) is 0 Å². The third-order valence-corrected chi connectivity index (χ3v) is 2.85. The van der Waals surface area contributed by atoms with Crippen molar-refractivity contribution in [3.05, 3.63) is 41.5 Å². The van der Waals surface area contributed by atoms with Crippen LogP contribution in [-0.2, 0) is 13.6 Å². The molecular formula is C12H16N4O. The lowest BCUT2D eigenvalue weighted by Crippen LogP contribution is -2.27. The van der Waals surface area contributed by atoms with Gasteiger partial charge in [-0.15, -0.1) is 0 Å². The second-order valence-electron chi connectivity index (χ2n) is 4.19. The third-order valence-electron chi connectivity index (χ3n) is 2.85. The van der Waals surface area contributed by atoms with Gasteiger partial charge < -0.3 is 9.47 Å². The molecule has 0 saturated heterocycles. The van der Waals surface area contributed by atoms with E-state index >= 15 is 0 Å². The Morgan fingerprint density at radius 3 is 2.88 bits per heavy atom. The van der Waals surface area contributed by atoms with Crippen LogP contribution in [-0.4, -0.2) is 32.6 Å². The fourth-order valence-corrected chi connectivity index (χ4v) is 1.74. The molecule has 0 radical (unpaired) electrons. The van der Waals surface area contributed by atoms with Crippen molar-refractivity contribution >= 4 is 5.91 Å². The molecule has 2 rings (SSSR count). The number of carbonyl (C=O) groups is 1. The number of rotatable bonds is 3. The Bertz CT molecular complexity index is 526. The van der Waals surface area contributed by atoms with Gasteiger partial charge >= 0.3 is 0 Å². The second kappa shape index (κ2) is 4.45. The first kappa shape index (κ1) is 11.4. The smallest absolute Gasteiger partial charge is 0.270 e. The van der Waals surface area contributed by atoms with Crippen molar-refractivity contribution in [1.82, 2.24) is 19.7 Å². The fraction of sp³-hybridized carbons (Fsp3) is 0.333. The molecule has 0 aliphatic carbocycles. The van der Waals surface area contributed by atoms with Crippen molar-refractivity contribution < 1.29 is 4.79 Å². The van der Waals surface area contributed by atoms with Gasteiger partial charge in [0, 0.05) is 38.1 Å². The summed E-state index contributed by atoms with van der Waals surface area (Å²) < 4.78 is 1.82. The largest absolute Gasteiger partial charge is 0.347 e. The van der Waals surface area contributed by atoms with Gasteiger partial charge in [0.05, 0.1) is 6.20 Å². The Kier molecular flexibility index (Phi) is 2.99. The molecule has 0 aliphatic heterocycles. The highest BCUT2D eigenvalue weighted by molar-refractivity contribution is 5.92. The second-order valence-corrected chi connectivity index (χ2v) is 4.19. The van der Waals surface area contributed by atoms with E-state index in [2.05, 4.69) is 10.2 Å². The lowest BCUT2D eigenvalue weighted by molar-refractivity contribution is 0.0775. The number of nitrogens with one attached hydrogen (secondary N) is 1. The van der Waals surface area contributed by atoms with Gasteiger partial charge in [0.25, 0.3) is 5.91 Å². The van der Waals surface area contributed by atoms with Crippen LogP contribution < -0.4 is 0 Å². The molecule has 17 heavy (non-hydrogen) atoms. The van der Waals surface area contributed by atoms with E-state index in [1.54, 1.807) is 18.1 Å². The van der Waals surface area contributed by atoms with Gasteiger partial charge in [-0.05, 0) is 19.1 Å². The molecule has 2 aromatic rings. The predicted molar refractivity (Wildman–Crippen MR) is 64.5 cm³/mol. The van der Waals surface area contributed by atoms with E-state index in [4.69, 9.17) is 0 Å². The van der Waals surface area contributed by atoms with Crippen molar-refractivity contribution in [3.8, 4) is 0 Å². The summed E-state index contributed by atoms with van der Waals surface area (Å²) in [5, 5.41) is 6.81.